The van der Waals surface area contributed by atoms with E-state index in [-0.39, 0.29) is 29.8 Å². The molecule has 7 nitrogen and oxygen atoms in total. The first-order valence-corrected chi connectivity index (χ1v) is 18.0. The van der Waals surface area contributed by atoms with E-state index in [9.17, 15) is 18.0 Å². The van der Waals surface area contributed by atoms with Crippen molar-refractivity contribution in [2.24, 2.45) is 0 Å². The van der Waals surface area contributed by atoms with Gasteiger partial charge in [0.1, 0.15) is 12.6 Å². The zero-order chi connectivity index (χ0) is 33.4. The van der Waals surface area contributed by atoms with Gasteiger partial charge < -0.3 is 10.2 Å². The smallest absolute Gasteiger partial charge is 0.264 e. The lowest BCUT2D eigenvalue weighted by atomic mass is 9.94. The Morgan fingerprint density at radius 3 is 2.17 bits per heavy atom. The highest BCUT2D eigenvalue weighted by molar-refractivity contribution is 7.92. The lowest BCUT2D eigenvalue weighted by Gasteiger charge is -2.35. The SMILES string of the molecule is Cc1ccc(C)c(N(CC(=O)N(Cc2cccc(Cl)c2)C(Cc2ccccc2)C(=O)NC2CCCCC2)S(=O)(=O)c2ccccc2)c1. The Morgan fingerprint density at radius 1 is 0.830 bits per heavy atom. The third-order valence-corrected chi connectivity index (χ3v) is 10.7. The summed E-state index contributed by atoms with van der Waals surface area (Å²) < 4.78 is 29.7. The van der Waals surface area contributed by atoms with Crippen molar-refractivity contribution in [3.63, 3.8) is 0 Å². The zero-order valence-electron chi connectivity index (χ0n) is 26.9. The molecule has 1 saturated carbocycles. The van der Waals surface area contributed by atoms with E-state index in [1.807, 2.05) is 62.4 Å². The number of sulfonamides is 1. The third kappa shape index (κ3) is 8.82. The molecule has 0 bridgehead atoms. The van der Waals surface area contributed by atoms with E-state index in [0.717, 1.165) is 48.8 Å². The first kappa shape index (κ1) is 34.2. The van der Waals surface area contributed by atoms with Crippen molar-refractivity contribution in [2.75, 3.05) is 10.8 Å². The number of aryl methyl sites for hydroxylation is 2. The van der Waals surface area contributed by atoms with Gasteiger partial charge in [0.15, 0.2) is 0 Å². The van der Waals surface area contributed by atoms with E-state index >= 15 is 0 Å². The molecular weight excluding hydrogens is 630 g/mol. The average Bonchev–Trinajstić information content (AvgIpc) is 3.07. The summed E-state index contributed by atoms with van der Waals surface area (Å²) in [6.45, 7) is 3.28. The van der Waals surface area contributed by atoms with Crippen molar-refractivity contribution in [1.82, 2.24) is 10.2 Å². The Bertz CT molecular complexity index is 1780. The molecule has 0 radical (unpaired) electrons. The van der Waals surface area contributed by atoms with Crippen LogP contribution in [0.15, 0.2) is 108 Å². The zero-order valence-corrected chi connectivity index (χ0v) is 28.5. The number of halogens is 1. The van der Waals surface area contributed by atoms with Crippen LogP contribution in [-0.4, -0.2) is 43.8 Å². The first-order chi connectivity index (χ1) is 22.6. The number of hydrogen-bond acceptors (Lipinski definition) is 4. The molecule has 1 aliphatic rings. The van der Waals surface area contributed by atoms with Crippen LogP contribution in [0.5, 0.6) is 0 Å². The average molecular weight is 672 g/mol. The standard InChI is InChI=1S/C38H42ClN3O4S/c1-28-21-22-29(2)35(23-28)42(47(45,46)34-19-10-5-11-20-34)27-37(43)41(26-31-15-12-16-32(39)24-31)36(25-30-13-6-3-7-14-30)38(44)40-33-17-8-4-9-18-33/h3,5-7,10-16,19-24,33,36H,4,8-9,17-18,25-27H2,1-2H3,(H,40,44). The van der Waals surface area contributed by atoms with Crippen LogP contribution in [0.3, 0.4) is 0 Å². The molecule has 9 heteroatoms. The van der Waals surface area contributed by atoms with Crippen molar-refractivity contribution < 1.29 is 18.0 Å². The van der Waals surface area contributed by atoms with Crippen LogP contribution < -0.4 is 9.62 Å². The highest BCUT2D eigenvalue weighted by Crippen LogP contribution is 2.29. The fourth-order valence-corrected chi connectivity index (χ4v) is 7.86. The summed E-state index contributed by atoms with van der Waals surface area (Å²) in [5, 5.41) is 3.74. The van der Waals surface area contributed by atoms with Crippen molar-refractivity contribution in [3.05, 3.63) is 130 Å². The fourth-order valence-electron chi connectivity index (χ4n) is 6.15. The summed E-state index contributed by atoms with van der Waals surface area (Å²) in [7, 11) is -4.16. The Hall–Kier alpha value is -4.14. The summed E-state index contributed by atoms with van der Waals surface area (Å²) in [5.74, 6) is -0.745. The van der Waals surface area contributed by atoms with Crippen LogP contribution in [0.1, 0.15) is 54.4 Å². The van der Waals surface area contributed by atoms with Crippen LogP contribution in [0.2, 0.25) is 5.02 Å². The van der Waals surface area contributed by atoms with E-state index in [2.05, 4.69) is 5.32 Å². The molecule has 1 unspecified atom stereocenters. The fraction of sp³-hybridized carbons (Fsp3) is 0.316. The van der Waals surface area contributed by atoms with Gasteiger partial charge in [-0.05, 0) is 79.3 Å². The molecule has 246 valence electrons. The number of nitrogens with zero attached hydrogens (tertiary/aromatic N) is 2. The highest BCUT2D eigenvalue weighted by Gasteiger charge is 2.36. The van der Waals surface area contributed by atoms with Crippen LogP contribution in [0.4, 0.5) is 5.69 Å². The molecule has 1 atom stereocenters. The Morgan fingerprint density at radius 2 is 1.49 bits per heavy atom. The van der Waals surface area contributed by atoms with Gasteiger partial charge in [0, 0.05) is 24.0 Å². The summed E-state index contributed by atoms with van der Waals surface area (Å²) in [6, 6.07) is 29.6. The molecule has 4 aromatic carbocycles. The maximum atomic E-state index is 14.7. The minimum Gasteiger partial charge on any atom is -0.352 e. The van der Waals surface area contributed by atoms with E-state index in [4.69, 9.17) is 11.6 Å². The van der Waals surface area contributed by atoms with Crippen LogP contribution >= 0.6 is 11.6 Å². The maximum Gasteiger partial charge on any atom is 0.264 e. The van der Waals surface area contributed by atoms with Gasteiger partial charge in [-0.25, -0.2) is 8.42 Å². The summed E-state index contributed by atoms with van der Waals surface area (Å²) in [4.78, 5) is 30.6. The van der Waals surface area contributed by atoms with Gasteiger partial charge in [-0.1, -0.05) is 104 Å². The molecule has 0 heterocycles. The Balaban J connectivity index is 1.58. The predicted molar refractivity (Wildman–Crippen MR) is 188 cm³/mol. The van der Waals surface area contributed by atoms with Crippen molar-refractivity contribution in [3.8, 4) is 0 Å². The molecular formula is C38H42ClN3O4S. The monoisotopic (exact) mass is 671 g/mol. The molecule has 1 fully saturated rings. The second-order valence-corrected chi connectivity index (χ2v) is 14.6. The highest BCUT2D eigenvalue weighted by atomic mass is 35.5. The number of anilines is 1. The van der Waals surface area contributed by atoms with E-state index in [1.54, 1.807) is 42.5 Å². The Kier molecular flexibility index (Phi) is 11.4. The number of rotatable bonds is 12. The molecule has 1 N–H and O–H groups in total. The van der Waals surface area contributed by atoms with Gasteiger partial charge in [0.05, 0.1) is 10.6 Å². The van der Waals surface area contributed by atoms with Gasteiger partial charge in [0.2, 0.25) is 11.8 Å². The van der Waals surface area contributed by atoms with Gasteiger partial charge in [0.25, 0.3) is 10.0 Å². The normalized spacial score (nSPS) is 14.3. The summed E-state index contributed by atoms with van der Waals surface area (Å²) >= 11 is 6.36. The van der Waals surface area contributed by atoms with E-state index in [0.29, 0.717) is 16.3 Å². The molecule has 0 spiro atoms. The number of nitrogens with one attached hydrogen (secondary N) is 1. The van der Waals surface area contributed by atoms with Crippen molar-refractivity contribution in [2.45, 2.75) is 75.9 Å². The Labute approximate surface area is 283 Å². The molecule has 0 aromatic heterocycles. The van der Waals surface area contributed by atoms with Gasteiger partial charge in [-0.15, -0.1) is 0 Å². The predicted octanol–water partition coefficient (Wildman–Crippen LogP) is 7.24. The lowest BCUT2D eigenvalue weighted by Crippen LogP contribution is -2.55. The van der Waals surface area contributed by atoms with Crippen LogP contribution in [-0.2, 0) is 32.6 Å². The molecule has 0 aliphatic heterocycles. The maximum absolute atomic E-state index is 14.7. The lowest BCUT2D eigenvalue weighted by molar-refractivity contribution is -0.140. The van der Waals surface area contributed by atoms with Crippen molar-refractivity contribution >= 4 is 39.1 Å². The van der Waals surface area contributed by atoms with Crippen LogP contribution in [0.25, 0.3) is 0 Å². The van der Waals surface area contributed by atoms with Gasteiger partial charge in [-0.3, -0.25) is 13.9 Å². The van der Waals surface area contributed by atoms with Gasteiger partial charge >= 0.3 is 0 Å². The minimum absolute atomic E-state index is 0.0301. The summed E-state index contributed by atoms with van der Waals surface area (Å²) in [6.07, 6.45) is 5.27. The quantitative estimate of drug-likeness (QED) is 0.172. The second kappa shape index (κ2) is 15.6. The third-order valence-electron chi connectivity index (χ3n) is 8.71. The number of carbonyl (C=O) groups is 2. The largest absolute Gasteiger partial charge is 0.352 e. The van der Waals surface area contributed by atoms with Crippen molar-refractivity contribution in [1.29, 1.82) is 0 Å². The van der Waals surface area contributed by atoms with E-state index < -0.39 is 28.5 Å². The number of carbonyl (C=O) groups excluding carboxylic acids is 2. The number of benzene rings is 4. The molecule has 1 aliphatic carbocycles. The topological polar surface area (TPSA) is 86.8 Å². The van der Waals surface area contributed by atoms with Crippen LogP contribution in [0, 0.1) is 13.8 Å². The number of hydrogen-bond donors (Lipinski definition) is 1. The molecule has 4 aromatic rings. The summed E-state index contributed by atoms with van der Waals surface area (Å²) in [5.41, 5.74) is 3.61. The molecule has 0 saturated heterocycles. The van der Waals surface area contributed by atoms with E-state index in [1.165, 1.54) is 21.3 Å². The number of amides is 2. The minimum atomic E-state index is -4.16. The second-order valence-electron chi connectivity index (χ2n) is 12.3. The molecule has 5 rings (SSSR count). The van der Waals surface area contributed by atoms with Gasteiger partial charge in [-0.2, -0.15) is 0 Å². The molecule has 47 heavy (non-hydrogen) atoms. The first-order valence-electron chi connectivity index (χ1n) is 16.1. The molecule has 2 amide bonds.